The molecule has 0 spiro atoms. The van der Waals surface area contributed by atoms with Crippen LogP contribution in [0.5, 0.6) is 5.75 Å². The highest BCUT2D eigenvalue weighted by Gasteiger charge is 2.53. The Kier molecular flexibility index (Phi) is 34.6. The summed E-state index contributed by atoms with van der Waals surface area (Å²) in [5.41, 5.74) is 18.9. The Balaban J connectivity index is 0.563. The molecule has 15 atom stereocenters. The number of nitrogens with one attached hydrogen (secondary N) is 3. The number of rotatable bonds is 29. The minimum atomic E-state index is -2.50. The van der Waals surface area contributed by atoms with Crippen molar-refractivity contribution in [2.45, 2.75) is 205 Å². The van der Waals surface area contributed by atoms with Crippen molar-refractivity contribution in [3.8, 4) is 28.4 Å². The fourth-order valence-corrected chi connectivity index (χ4v) is 17.5. The monoisotopic (exact) mass is 1770 g/mol. The molecule has 10 N–H and O–H groups in total. The number of fused-ring (bicyclic) bond motifs is 5. The van der Waals surface area contributed by atoms with Crippen LogP contribution in [0.2, 0.25) is 0 Å². The van der Waals surface area contributed by atoms with E-state index in [2.05, 4.69) is 50.8 Å². The Hall–Kier alpha value is -10.7. The Morgan fingerprint density at radius 2 is 1.48 bits per heavy atom. The average molecular weight is 1770 g/mol. The number of benzene rings is 1. The number of phenolic OH excluding ortho intramolecular Hbond substituents is 1. The second-order valence-corrected chi connectivity index (χ2v) is 34.3. The van der Waals surface area contributed by atoms with E-state index in [0.29, 0.717) is 187 Å². The molecule has 0 unspecified atom stereocenters. The predicted molar refractivity (Wildman–Crippen MR) is 475 cm³/mol. The van der Waals surface area contributed by atoms with Crippen molar-refractivity contribution in [2.24, 2.45) is 35.3 Å². The standard InChI is InChI=1S/C91H125N19O18/c1-55-17-11-10-12-18-56(2)74(121-7)47-66-23-20-60(6)91(120,128-66)83(116)87(118)108-29-15-13-19-72(108)88(119)127-75(48-73(112)57(3)42-59(5)81(115)82(123-9)80(114)58(4)41-55)67(92)43-61-21-25-71(76(44-61)122-8)110-53-70(103-105-110)63-49-96-89(97-50-63)106-31-33-107(34-32-106)90-98-51-64(52-99-90)86(117)95-28-36-125-38-40-126-39-37-124-35-26-77(113)94-27-14-16-30-109-85-78(84(93)100-54-101-85)79(104-109)69-46-62-45-65(111)22-24-68(62)102-69/h10-12,17-18,22,24,42,45-46,49-55,57-58,60-61,66-67,71-72,74-76,81-82,102,111,115,120H,13-16,19-21,23,25-41,43-44,47-48,92H2,1-9H3,(H,94,113)(H,95,117)(H2,93,100,101)/b12-10?,17-11+,56-18?,59-42+/t55-,57-,58-,60-,61+,66+,67-,71+,72+,74+,75+,76-,81-,82+,91-/m1/s1. The first-order valence-corrected chi connectivity index (χ1v) is 44.6. The number of cyclic esters (lactones) is 1. The van der Waals surface area contributed by atoms with Crippen molar-refractivity contribution in [2.75, 3.05) is 122 Å². The fourth-order valence-electron chi connectivity index (χ4n) is 17.5. The first-order chi connectivity index (χ1) is 61.7. The Morgan fingerprint density at radius 1 is 0.758 bits per heavy atom. The number of aromatic hydroxyl groups is 1. The molecule has 1 saturated carbocycles. The number of ether oxygens (including phenoxy) is 8. The molecule has 3 amide bonds. The van der Waals surface area contributed by atoms with Crippen LogP contribution in [-0.4, -0.2) is 282 Å². The largest absolute Gasteiger partial charge is 0.508 e. The molecule has 12 rings (SSSR count). The third kappa shape index (κ3) is 24.8. The van der Waals surface area contributed by atoms with Gasteiger partial charge in [-0.2, -0.15) is 5.10 Å². The highest BCUT2D eigenvalue weighted by Crippen LogP contribution is 2.41. The smallest absolute Gasteiger partial charge is 0.329 e. The van der Waals surface area contributed by atoms with Gasteiger partial charge < -0.3 is 95.0 Å². The first-order valence-electron chi connectivity index (χ1n) is 44.6. The quantitative estimate of drug-likeness (QED) is 0.00989. The number of carbonyl (C=O) groups is 7. The van der Waals surface area contributed by atoms with Gasteiger partial charge in [-0.3, -0.25) is 28.8 Å². The average Bonchev–Trinajstić information content (AvgIpc) is 1.63. The molecule has 37 heteroatoms. The van der Waals surface area contributed by atoms with E-state index < -0.39 is 83.8 Å². The summed E-state index contributed by atoms with van der Waals surface area (Å²) in [6.07, 6.45) is 21.5. The first kappa shape index (κ1) is 96.3. The van der Waals surface area contributed by atoms with Crippen molar-refractivity contribution in [3.63, 3.8) is 0 Å². The zero-order chi connectivity index (χ0) is 91.1. The van der Waals surface area contributed by atoms with E-state index in [0.717, 1.165) is 33.5 Å². The van der Waals surface area contributed by atoms with Gasteiger partial charge in [0.15, 0.2) is 11.4 Å². The zero-order valence-electron chi connectivity index (χ0n) is 74.7. The number of aryl methyl sites for hydroxylation is 1. The Morgan fingerprint density at radius 3 is 2.20 bits per heavy atom. The number of H-pyrrole nitrogens is 1. The minimum Gasteiger partial charge on any atom is -0.508 e. The molecular formula is C91H125N19O18. The van der Waals surface area contributed by atoms with E-state index in [1.54, 1.807) is 87.9 Å². The summed E-state index contributed by atoms with van der Waals surface area (Å²) in [6.45, 7) is 16.0. The third-order valence-electron chi connectivity index (χ3n) is 25.0. The number of methoxy groups -OCH3 is 3. The molecule has 6 aromatic heterocycles. The van der Waals surface area contributed by atoms with Gasteiger partial charge in [-0.15, -0.1) is 5.10 Å². The minimum absolute atomic E-state index is 0.0170. The normalized spacial score (nSPS) is 26.4. The van der Waals surface area contributed by atoms with Crippen molar-refractivity contribution in [1.29, 1.82) is 0 Å². The number of hydrogen-bond donors (Lipinski definition) is 8. The number of piperidine rings is 1. The molecule has 7 aromatic rings. The molecule has 4 fully saturated rings. The molecule has 2 bridgehead atoms. The number of esters is 1. The van der Waals surface area contributed by atoms with E-state index in [4.69, 9.17) is 64.4 Å². The second-order valence-electron chi connectivity index (χ2n) is 34.3. The number of ketones is 3. The van der Waals surface area contributed by atoms with Crippen molar-refractivity contribution < 1.29 is 86.8 Å². The number of allylic oxidation sites excluding steroid dienone is 6. The van der Waals surface area contributed by atoms with Gasteiger partial charge in [0.1, 0.15) is 59.4 Å². The van der Waals surface area contributed by atoms with Crippen molar-refractivity contribution in [3.05, 3.63) is 115 Å². The van der Waals surface area contributed by atoms with Crippen molar-refractivity contribution in [1.82, 2.24) is 75.2 Å². The van der Waals surface area contributed by atoms with Gasteiger partial charge >= 0.3 is 5.97 Å². The van der Waals surface area contributed by atoms with Gasteiger partial charge in [-0.25, -0.2) is 44.1 Å². The van der Waals surface area contributed by atoms with Gasteiger partial charge in [-0.1, -0.05) is 69.4 Å². The summed E-state index contributed by atoms with van der Waals surface area (Å²) >= 11 is 0. The van der Waals surface area contributed by atoms with Crippen LogP contribution in [0, 0.1) is 29.6 Å². The number of aliphatic hydroxyl groups is 2. The van der Waals surface area contributed by atoms with Crippen LogP contribution in [0.1, 0.15) is 154 Å². The van der Waals surface area contributed by atoms with E-state index >= 15 is 0 Å². The highest BCUT2D eigenvalue weighted by molar-refractivity contribution is 6.39. The SMILES string of the molecule is CO[C@H]1C[C@@H]2CC[C@@H](C)[C@@](O)(O2)C(=O)C(=O)N2CCCC[C@H]2C(=O)O[C@H]([C@H](N)C[C@@H]2CC[C@H](n3cc(-c4cnc(N5CCN(c6ncc(C(=O)NCCOCCOCCOCCC(=O)NCCCCn7nc(-c8cc9cc(O)ccc9[nH]8)c8c(N)ncnc87)cn6)CC5)nc4)nn3)[C@H](OC)C2)CC(=O)[C@H](C)/C=C(\C)[C@@H](O)[C@@H](OC)C(=O)[C@H](C)C[C@H](C)/C=C/C=CC=C1C. The molecule has 37 nitrogen and oxygen atoms in total. The van der Waals surface area contributed by atoms with Crippen LogP contribution in [0.25, 0.3) is 44.6 Å². The van der Waals surface area contributed by atoms with E-state index in [-0.39, 0.29) is 105 Å². The van der Waals surface area contributed by atoms with Crippen LogP contribution in [0.3, 0.4) is 0 Å². The van der Waals surface area contributed by atoms with Crippen molar-refractivity contribution >= 4 is 80.7 Å². The number of anilines is 3. The number of hydrogen-bond acceptors (Lipinski definition) is 31. The van der Waals surface area contributed by atoms with Gasteiger partial charge in [0, 0.05) is 158 Å². The fraction of sp³-hybridized carbons (Fsp3) is 0.582. The summed E-state index contributed by atoms with van der Waals surface area (Å²) in [6, 6.07) is 4.58. The summed E-state index contributed by atoms with van der Waals surface area (Å²) in [7, 11) is 4.56. The molecule has 692 valence electrons. The molecular weight excluding hydrogens is 1650 g/mol. The van der Waals surface area contributed by atoms with Crippen LogP contribution >= 0.6 is 0 Å². The van der Waals surface area contributed by atoms with Gasteiger partial charge in [-0.05, 0) is 138 Å². The van der Waals surface area contributed by atoms with E-state index in [9.17, 15) is 48.9 Å². The van der Waals surface area contributed by atoms with E-state index in [1.165, 1.54) is 25.8 Å². The van der Waals surface area contributed by atoms with Crippen LogP contribution < -0.4 is 31.9 Å². The number of aromatic amines is 1. The third-order valence-corrected chi connectivity index (χ3v) is 25.0. The number of nitrogens with zero attached hydrogens (tertiary/aromatic N) is 14. The van der Waals surface area contributed by atoms with Gasteiger partial charge in [0.05, 0.1) is 86.8 Å². The highest BCUT2D eigenvalue weighted by atomic mass is 16.6. The van der Waals surface area contributed by atoms with Crippen LogP contribution in [0.4, 0.5) is 17.7 Å². The number of unbranched alkanes of at least 4 members (excludes halogenated alkanes) is 1. The number of carbonyl (C=O) groups excluding carboxylic acids is 7. The molecule has 128 heavy (non-hydrogen) atoms. The van der Waals surface area contributed by atoms with Crippen LogP contribution in [-0.2, 0) is 73.2 Å². The maximum Gasteiger partial charge on any atom is 0.329 e. The molecule has 1 aliphatic carbocycles. The van der Waals surface area contributed by atoms with Gasteiger partial charge in [0.2, 0.25) is 23.6 Å². The number of piperazine rings is 1. The predicted octanol–water partition coefficient (Wildman–Crippen LogP) is 7.26. The summed E-state index contributed by atoms with van der Waals surface area (Å²) in [5.74, 6) is -7.49. The zero-order valence-corrected chi connectivity index (χ0v) is 74.7. The molecule has 0 radical (unpaired) electrons. The molecule has 3 saturated heterocycles. The molecule has 1 aromatic carbocycles. The number of nitrogens with two attached hydrogens (primary N) is 2. The maximum atomic E-state index is 14.8. The number of aliphatic hydroxyl groups excluding tert-OH is 1. The Bertz CT molecular complexity index is 5030. The summed E-state index contributed by atoms with van der Waals surface area (Å²) in [4.78, 5) is 134. The number of amides is 3. The lowest BCUT2D eigenvalue weighted by atomic mass is 9.79. The topological polar surface area (TPSA) is 481 Å². The lowest BCUT2D eigenvalue weighted by Gasteiger charge is -2.42. The van der Waals surface area contributed by atoms with Crippen LogP contribution in [0.15, 0.2) is 109 Å². The molecule has 4 aliphatic heterocycles. The van der Waals surface area contributed by atoms with Gasteiger partial charge in [0.25, 0.3) is 17.6 Å². The number of aromatic nitrogens is 12. The summed E-state index contributed by atoms with van der Waals surface area (Å²) in [5, 5.41) is 55.0. The second kappa shape index (κ2) is 46.0. The number of nitrogen functional groups attached to an aromatic ring is 1. The molecule has 5 aliphatic rings. The number of phenols is 1. The lowest BCUT2D eigenvalue weighted by Crippen LogP contribution is -2.61. The molecule has 10 heterocycles. The summed E-state index contributed by atoms with van der Waals surface area (Å²) < 4.78 is 50.7. The number of Topliss-reactive ketones (excluding diaryl/α,β-unsaturated/α-hetero) is 3. The Labute approximate surface area is 744 Å². The van der Waals surface area contributed by atoms with E-state index in [1.807, 2.05) is 61.4 Å². The maximum absolute atomic E-state index is 14.8. The lowest BCUT2D eigenvalue weighted by molar-refractivity contribution is -0.265.